The lowest BCUT2D eigenvalue weighted by molar-refractivity contribution is -0.384. The van der Waals surface area contributed by atoms with E-state index in [9.17, 15) is 25.4 Å². The summed E-state index contributed by atoms with van der Waals surface area (Å²) in [6, 6.07) is 6.10. The van der Waals surface area contributed by atoms with E-state index in [0.717, 1.165) is 5.39 Å². The molecule has 3 rings (SSSR count). The fraction of sp³-hybridized carbons (Fsp3) is 0.385. The predicted octanol–water partition coefficient (Wildman–Crippen LogP) is 0.161. The molecule has 0 radical (unpaired) electrons. The molecule has 3 N–H and O–H groups in total. The third-order valence-corrected chi connectivity index (χ3v) is 3.67. The number of fused-ring (bicyclic) bond motifs is 1. The third-order valence-electron chi connectivity index (χ3n) is 3.67. The number of nitrogens with zero attached hydrogens (tertiary/aromatic N) is 2. The molecule has 0 spiro atoms. The summed E-state index contributed by atoms with van der Waals surface area (Å²) in [5, 5.41) is 40.8. The van der Waals surface area contributed by atoms with Crippen LogP contribution in [0.25, 0.3) is 10.9 Å². The zero-order valence-electron chi connectivity index (χ0n) is 10.9. The number of nitro groups is 1. The highest BCUT2D eigenvalue weighted by molar-refractivity contribution is 5.82. The SMILES string of the molecule is O=[N+]([O-])c1ccc2ccn(C3OC[C@@H](O)[C@@H](O)[C@H]3O)c2c1. The van der Waals surface area contributed by atoms with Crippen LogP contribution < -0.4 is 0 Å². The lowest BCUT2D eigenvalue weighted by Gasteiger charge is -2.36. The van der Waals surface area contributed by atoms with Gasteiger partial charge in [0.15, 0.2) is 6.23 Å². The molecule has 1 aromatic carbocycles. The highest BCUT2D eigenvalue weighted by atomic mass is 16.6. The van der Waals surface area contributed by atoms with Crippen LogP contribution in [-0.4, -0.2) is 49.7 Å². The highest BCUT2D eigenvalue weighted by Gasteiger charge is 2.38. The maximum atomic E-state index is 10.9. The van der Waals surface area contributed by atoms with Gasteiger partial charge >= 0.3 is 0 Å². The van der Waals surface area contributed by atoms with E-state index in [-0.39, 0.29) is 12.3 Å². The molecule has 0 saturated carbocycles. The largest absolute Gasteiger partial charge is 0.388 e. The van der Waals surface area contributed by atoms with Gasteiger partial charge in [-0.25, -0.2) is 0 Å². The van der Waals surface area contributed by atoms with E-state index >= 15 is 0 Å². The molecule has 1 aromatic heterocycles. The number of aromatic nitrogens is 1. The first-order valence-corrected chi connectivity index (χ1v) is 6.40. The number of nitro benzene ring substituents is 1. The molecular formula is C13H14N2O6. The molecule has 4 atom stereocenters. The van der Waals surface area contributed by atoms with E-state index in [0.29, 0.717) is 5.52 Å². The van der Waals surface area contributed by atoms with Crippen molar-refractivity contribution in [3.63, 3.8) is 0 Å². The Bertz CT molecular complexity index is 684. The second kappa shape index (κ2) is 5.08. The van der Waals surface area contributed by atoms with E-state index in [4.69, 9.17) is 4.74 Å². The standard InChI is InChI=1S/C13H14N2O6/c16-10-6-21-13(12(18)11(10)17)14-4-3-7-1-2-8(15(19)20)5-9(7)14/h1-5,10-13,16-18H,6H2/t10-,11-,12-,13?/m1/s1. The van der Waals surface area contributed by atoms with Gasteiger partial charge in [-0.1, -0.05) is 0 Å². The van der Waals surface area contributed by atoms with Gasteiger partial charge in [0.05, 0.1) is 17.0 Å². The molecule has 1 saturated heterocycles. The molecule has 0 bridgehead atoms. The minimum absolute atomic E-state index is 0.0756. The van der Waals surface area contributed by atoms with Gasteiger partial charge in [-0.3, -0.25) is 10.1 Å². The number of non-ortho nitro benzene ring substituents is 1. The van der Waals surface area contributed by atoms with Crippen molar-refractivity contribution in [3.8, 4) is 0 Å². The van der Waals surface area contributed by atoms with Crippen molar-refractivity contribution < 1.29 is 25.0 Å². The lowest BCUT2D eigenvalue weighted by Crippen LogP contribution is -2.50. The molecule has 21 heavy (non-hydrogen) atoms. The zero-order chi connectivity index (χ0) is 15.1. The number of hydrogen-bond acceptors (Lipinski definition) is 6. The van der Waals surface area contributed by atoms with Crippen LogP contribution >= 0.6 is 0 Å². The van der Waals surface area contributed by atoms with Crippen LogP contribution in [0.3, 0.4) is 0 Å². The molecule has 112 valence electrons. The molecule has 0 aliphatic carbocycles. The molecule has 8 heteroatoms. The number of hydrogen-bond donors (Lipinski definition) is 3. The molecule has 2 heterocycles. The summed E-state index contributed by atoms with van der Waals surface area (Å²) in [7, 11) is 0. The first-order chi connectivity index (χ1) is 9.99. The second-order valence-electron chi connectivity index (χ2n) is 5.00. The Kier molecular flexibility index (Phi) is 3.38. The van der Waals surface area contributed by atoms with Crippen LogP contribution in [0.15, 0.2) is 30.5 Å². The summed E-state index contributed by atoms with van der Waals surface area (Å²) < 4.78 is 6.87. The number of aliphatic hydroxyl groups excluding tert-OH is 3. The molecule has 1 aliphatic heterocycles. The number of rotatable bonds is 2. The summed E-state index contributed by atoms with van der Waals surface area (Å²) in [5.41, 5.74) is 0.435. The van der Waals surface area contributed by atoms with Gasteiger partial charge in [-0.15, -0.1) is 0 Å². The van der Waals surface area contributed by atoms with Crippen molar-refractivity contribution in [2.45, 2.75) is 24.5 Å². The van der Waals surface area contributed by atoms with Gasteiger partial charge in [0.25, 0.3) is 5.69 Å². The van der Waals surface area contributed by atoms with Crippen LogP contribution in [0.5, 0.6) is 0 Å². The first kappa shape index (κ1) is 14.0. The van der Waals surface area contributed by atoms with Crippen LogP contribution in [0.2, 0.25) is 0 Å². The van der Waals surface area contributed by atoms with Crippen LogP contribution in [-0.2, 0) is 4.74 Å². The molecule has 0 amide bonds. The van der Waals surface area contributed by atoms with E-state index < -0.39 is 29.5 Å². The van der Waals surface area contributed by atoms with Gasteiger partial charge in [0, 0.05) is 23.7 Å². The summed E-state index contributed by atoms with van der Waals surface area (Å²) in [5.74, 6) is 0. The van der Waals surface area contributed by atoms with Crippen molar-refractivity contribution in [1.82, 2.24) is 4.57 Å². The molecule has 1 aliphatic rings. The summed E-state index contributed by atoms with van der Waals surface area (Å²) >= 11 is 0. The fourth-order valence-corrected chi connectivity index (χ4v) is 2.51. The summed E-state index contributed by atoms with van der Waals surface area (Å²) in [4.78, 5) is 10.3. The molecule has 1 unspecified atom stereocenters. The molecule has 1 fully saturated rings. The van der Waals surface area contributed by atoms with Crippen molar-refractivity contribution in [2.24, 2.45) is 0 Å². The second-order valence-corrected chi connectivity index (χ2v) is 5.00. The number of aliphatic hydroxyl groups is 3. The predicted molar refractivity (Wildman–Crippen MR) is 71.6 cm³/mol. The maximum Gasteiger partial charge on any atom is 0.271 e. The monoisotopic (exact) mass is 294 g/mol. The van der Waals surface area contributed by atoms with E-state index in [1.165, 1.54) is 16.7 Å². The zero-order valence-corrected chi connectivity index (χ0v) is 10.9. The van der Waals surface area contributed by atoms with Gasteiger partial charge < -0.3 is 24.6 Å². The van der Waals surface area contributed by atoms with Crippen molar-refractivity contribution >= 4 is 16.6 Å². The van der Waals surface area contributed by atoms with Crippen LogP contribution in [0.4, 0.5) is 5.69 Å². The smallest absolute Gasteiger partial charge is 0.271 e. The number of ether oxygens (including phenoxy) is 1. The van der Waals surface area contributed by atoms with E-state index in [1.807, 2.05) is 0 Å². The van der Waals surface area contributed by atoms with Gasteiger partial charge in [0.1, 0.15) is 18.3 Å². The summed E-state index contributed by atoms with van der Waals surface area (Å²) in [6.45, 7) is -0.127. The Morgan fingerprint density at radius 3 is 2.71 bits per heavy atom. The fourth-order valence-electron chi connectivity index (χ4n) is 2.51. The Balaban J connectivity index is 2.04. The van der Waals surface area contributed by atoms with E-state index in [2.05, 4.69) is 0 Å². The van der Waals surface area contributed by atoms with Crippen molar-refractivity contribution in [3.05, 3.63) is 40.6 Å². The lowest BCUT2D eigenvalue weighted by atomic mass is 10.0. The molecule has 8 nitrogen and oxygen atoms in total. The number of benzene rings is 1. The van der Waals surface area contributed by atoms with Gasteiger partial charge in [-0.05, 0) is 12.1 Å². The van der Waals surface area contributed by atoms with Gasteiger partial charge in [0.2, 0.25) is 0 Å². The Hall–Kier alpha value is -2.00. The normalized spacial score (nSPS) is 29.7. The average molecular weight is 294 g/mol. The highest BCUT2D eigenvalue weighted by Crippen LogP contribution is 2.30. The maximum absolute atomic E-state index is 10.9. The topological polar surface area (TPSA) is 118 Å². The van der Waals surface area contributed by atoms with Crippen LogP contribution in [0, 0.1) is 10.1 Å². The summed E-state index contributed by atoms with van der Waals surface area (Å²) in [6.07, 6.45) is -3.12. The molecule has 2 aromatic rings. The van der Waals surface area contributed by atoms with Crippen molar-refractivity contribution in [1.29, 1.82) is 0 Å². The van der Waals surface area contributed by atoms with Crippen molar-refractivity contribution in [2.75, 3.05) is 6.61 Å². The Labute approximate surface area is 119 Å². The minimum Gasteiger partial charge on any atom is -0.388 e. The Morgan fingerprint density at radius 2 is 2.00 bits per heavy atom. The van der Waals surface area contributed by atoms with Gasteiger partial charge in [-0.2, -0.15) is 0 Å². The average Bonchev–Trinajstić information content (AvgIpc) is 2.88. The van der Waals surface area contributed by atoms with E-state index in [1.54, 1.807) is 18.3 Å². The Morgan fingerprint density at radius 1 is 1.24 bits per heavy atom. The molecular weight excluding hydrogens is 280 g/mol. The minimum atomic E-state index is -1.33. The third kappa shape index (κ3) is 2.28. The van der Waals surface area contributed by atoms with Crippen LogP contribution in [0.1, 0.15) is 6.23 Å². The first-order valence-electron chi connectivity index (χ1n) is 6.40. The quantitative estimate of drug-likeness (QED) is 0.536.